The zero-order valence-corrected chi connectivity index (χ0v) is 16.5. The fourth-order valence-electron chi connectivity index (χ4n) is 2.90. The van der Waals surface area contributed by atoms with Crippen LogP contribution in [0, 0.1) is 0 Å². The van der Waals surface area contributed by atoms with Crippen LogP contribution >= 0.6 is 34.4 Å². The molecule has 0 bridgehead atoms. The summed E-state index contributed by atoms with van der Waals surface area (Å²) in [4.78, 5) is 23.3. The Morgan fingerprint density at radius 3 is 2.63 bits per heavy atom. The van der Waals surface area contributed by atoms with Gasteiger partial charge in [-0.1, -0.05) is 42.1 Å². The van der Waals surface area contributed by atoms with E-state index in [4.69, 9.17) is 9.97 Å². The summed E-state index contributed by atoms with van der Waals surface area (Å²) in [6.45, 7) is 0. The molecular weight excluding hydrogens is 394 g/mol. The summed E-state index contributed by atoms with van der Waals surface area (Å²) in [5.41, 5.74) is 1.81. The fraction of sp³-hybridized carbons (Fsp3) is 0.0500. The predicted molar refractivity (Wildman–Crippen MR) is 114 cm³/mol. The number of hydrogen-bond acceptors (Lipinski definition) is 6. The van der Waals surface area contributed by atoms with E-state index in [1.807, 2.05) is 60.0 Å². The highest BCUT2D eigenvalue weighted by Crippen LogP contribution is 2.29. The number of rotatable bonds is 4. The van der Waals surface area contributed by atoms with E-state index in [1.165, 1.54) is 16.0 Å². The monoisotopic (exact) mass is 407 g/mol. The van der Waals surface area contributed by atoms with Crippen molar-refractivity contribution in [1.29, 1.82) is 0 Å². The smallest absolute Gasteiger partial charge is 0.267 e. The molecule has 0 atom stereocenters. The number of nitrogens with zero attached hydrogens (tertiary/aromatic N) is 3. The third kappa shape index (κ3) is 3.07. The minimum atomic E-state index is -0.0285. The third-order valence-electron chi connectivity index (χ3n) is 4.14. The van der Waals surface area contributed by atoms with Crippen molar-refractivity contribution < 1.29 is 0 Å². The topological polar surface area (TPSA) is 47.8 Å². The van der Waals surface area contributed by atoms with Gasteiger partial charge in [0.05, 0.1) is 27.0 Å². The standard InChI is InChI=1S/C20H13N3OS3/c24-19-14-10-11-25-18(14)22-20(23(19)13-6-2-1-3-7-13)26-12-17-21-15-8-4-5-9-16(15)27-17/h1-11H,12H2. The Bertz CT molecular complexity index is 1270. The van der Waals surface area contributed by atoms with E-state index in [1.54, 1.807) is 27.7 Å². The highest BCUT2D eigenvalue weighted by Gasteiger charge is 2.15. The van der Waals surface area contributed by atoms with E-state index in [2.05, 4.69) is 6.07 Å². The van der Waals surface area contributed by atoms with Gasteiger partial charge in [0.25, 0.3) is 5.56 Å². The van der Waals surface area contributed by atoms with Crippen molar-refractivity contribution in [1.82, 2.24) is 14.5 Å². The lowest BCUT2D eigenvalue weighted by atomic mass is 10.3. The number of thiazole rings is 1. The largest absolute Gasteiger partial charge is 0.268 e. The normalized spacial score (nSPS) is 11.4. The Morgan fingerprint density at radius 2 is 1.78 bits per heavy atom. The van der Waals surface area contributed by atoms with Gasteiger partial charge in [-0.25, -0.2) is 9.97 Å². The SMILES string of the molecule is O=c1c2ccsc2nc(SCc2nc3ccccc3s2)n1-c1ccccc1. The summed E-state index contributed by atoms with van der Waals surface area (Å²) in [6, 6.07) is 19.6. The van der Waals surface area contributed by atoms with Crippen LogP contribution in [0.5, 0.6) is 0 Å². The van der Waals surface area contributed by atoms with Gasteiger partial charge in [-0.15, -0.1) is 22.7 Å². The van der Waals surface area contributed by atoms with Crippen LogP contribution in [0.25, 0.3) is 26.1 Å². The average molecular weight is 408 g/mol. The van der Waals surface area contributed by atoms with Crippen LogP contribution in [0.3, 0.4) is 0 Å². The summed E-state index contributed by atoms with van der Waals surface area (Å²) in [7, 11) is 0. The second kappa shape index (κ2) is 6.92. The van der Waals surface area contributed by atoms with Crippen molar-refractivity contribution in [3.63, 3.8) is 0 Å². The molecule has 0 fully saturated rings. The summed E-state index contributed by atoms with van der Waals surface area (Å²) in [5, 5.41) is 4.30. The first-order valence-corrected chi connectivity index (χ1v) is 11.0. The van der Waals surface area contributed by atoms with Gasteiger partial charge in [0, 0.05) is 0 Å². The molecule has 0 saturated carbocycles. The number of para-hydroxylation sites is 2. The molecule has 3 aromatic heterocycles. The molecule has 0 aliphatic carbocycles. The lowest BCUT2D eigenvalue weighted by Crippen LogP contribution is -2.21. The van der Waals surface area contributed by atoms with Crippen molar-refractivity contribution >= 4 is 54.9 Å². The molecule has 4 nitrogen and oxygen atoms in total. The first-order chi connectivity index (χ1) is 13.3. The van der Waals surface area contributed by atoms with E-state index in [0.717, 1.165) is 21.0 Å². The van der Waals surface area contributed by atoms with Gasteiger partial charge in [0.15, 0.2) is 5.16 Å². The maximum atomic E-state index is 13.1. The molecule has 7 heteroatoms. The molecular formula is C20H13N3OS3. The average Bonchev–Trinajstić information content (AvgIpc) is 3.33. The summed E-state index contributed by atoms with van der Waals surface area (Å²) < 4.78 is 2.88. The van der Waals surface area contributed by atoms with E-state index in [-0.39, 0.29) is 5.56 Å². The third-order valence-corrected chi connectivity index (χ3v) is 7.12. The number of fused-ring (bicyclic) bond motifs is 2. The molecule has 0 aliphatic rings. The molecule has 0 amide bonds. The minimum Gasteiger partial charge on any atom is -0.268 e. The van der Waals surface area contributed by atoms with Gasteiger partial charge in [0.1, 0.15) is 9.84 Å². The molecule has 5 rings (SSSR count). The molecule has 0 spiro atoms. The molecule has 132 valence electrons. The van der Waals surface area contributed by atoms with Crippen LogP contribution in [0.4, 0.5) is 0 Å². The summed E-state index contributed by atoms with van der Waals surface area (Å²) in [5.74, 6) is 0.676. The molecule has 0 saturated heterocycles. The van der Waals surface area contributed by atoms with Gasteiger partial charge in [-0.3, -0.25) is 9.36 Å². The lowest BCUT2D eigenvalue weighted by molar-refractivity contribution is 0.822. The first-order valence-electron chi connectivity index (χ1n) is 8.32. The van der Waals surface area contributed by atoms with Gasteiger partial charge in [-0.05, 0) is 35.7 Å². The van der Waals surface area contributed by atoms with Crippen LogP contribution in [-0.2, 0) is 5.75 Å². The molecule has 0 radical (unpaired) electrons. The van der Waals surface area contributed by atoms with E-state index in [0.29, 0.717) is 16.3 Å². The van der Waals surface area contributed by atoms with Crippen molar-refractivity contribution in [3.8, 4) is 5.69 Å². The summed E-state index contributed by atoms with van der Waals surface area (Å²) >= 11 is 4.73. The van der Waals surface area contributed by atoms with Crippen LogP contribution in [0.2, 0.25) is 0 Å². The Labute approximate surface area is 167 Å². The second-order valence-electron chi connectivity index (χ2n) is 5.87. The predicted octanol–water partition coefficient (Wildman–Crippen LogP) is 5.35. The molecule has 5 aromatic rings. The Kier molecular flexibility index (Phi) is 4.27. The molecule has 0 unspecified atom stereocenters. The van der Waals surface area contributed by atoms with Gasteiger partial charge in [0.2, 0.25) is 0 Å². The van der Waals surface area contributed by atoms with E-state index < -0.39 is 0 Å². The number of aromatic nitrogens is 3. The molecule has 0 aliphatic heterocycles. The van der Waals surface area contributed by atoms with Crippen LogP contribution in [0.1, 0.15) is 5.01 Å². The van der Waals surface area contributed by atoms with Crippen LogP contribution in [-0.4, -0.2) is 14.5 Å². The van der Waals surface area contributed by atoms with Gasteiger partial charge < -0.3 is 0 Å². The van der Waals surface area contributed by atoms with Crippen molar-refractivity contribution in [2.45, 2.75) is 10.9 Å². The molecule has 0 N–H and O–H groups in total. The highest BCUT2D eigenvalue weighted by molar-refractivity contribution is 7.98. The second-order valence-corrected chi connectivity index (χ2v) is 8.83. The highest BCUT2D eigenvalue weighted by atomic mass is 32.2. The van der Waals surface area contributed by atoms with Crippen LogP contribution < -0.4 is 5.56 Å². The van der Waals surface area contributed by atoms with Crippen molar-refractivity contribution in [2.75, 3.05) is 0 Å². The zero-order chi connectivity index (χ0) is 18.2. The Hall–Kier alpha value is -2.48. The van der Waals surface area contributed by atoms with E-state index in [9.17, 15) is 4.79 Å². The summed E-state index contributed by atoms with van der Waals surface area (Å²) in [6.07, 6.45) is 0. The van der Waals surface area contributed by atoms with E-state index >= 15 is 0 Å². The maximum absolute atomic E-state index is 13.1. The maximum Gasteiger partial charge on any atom is 0.267 e. The number of thioether (sulfide) groups is 1. The Morgan fingerprint density at radius 1 is 0.963 bits per heavy atom. The lowest BCUT2D eigenvalue weighted by Gasteiger charge is -2.11. The zero-order valence-electron chi connectivity index (χ0n) is 14.0. The first kappa shape index (κ1) is 16.7. The van der Waals surface area contributed by atoms with Crippen molar-refractivity contribution in [2.24, 2.45) is 0 Å². The Balaban J connectivity index is 1.58. The number of hydrogen-bond donors (Lipinski definition) is 0. The van der Waals surface area contributed by atoms with Crippen LogP contribution in [0.15, 0.2) is 76.0 Å². The molecule has 3 heterocycles. The fourth-order valence-corrected chi connectivity index (χ4v) is 5.68. The molecule has 27 heavy (non-hydrogen) atoms. The molecule has 2 aromatic carbocycles. The number of benzene rings is 2. The van der Waals surface area contributed by atoms with Gasteiger partial charge >= 0.3 is 0 Å². The van der Waals surface area contributed by atoms with Gasteiger partial charge in [-0.2, -0.15) is 0 Å². The number of thiophene rings is 1. The minimum absolute atomic E-state index is 0.0285. The van der Waals surface area contributed by atoms with Crippen molar-refractivity contribution in [3.05, 3.63) is 81.4 Å². The quantitative estimate of drug-likeness (QED) is 0.298.